The fourth-order valence-electron chi connectivity index (χ4n) is 1.13. The summed E-state index contributed by atoms with van der Waals surface area (Å²) >= 11 is 8.39. The van der Waals surface area contributed by atoms with Gasteiger partial charge >= 0.3 is 0 Å². The van der Waals surface area contributed by atoms with Crippen LogP contribution in [0.5, 0.6) is 5.75 Å². The first-order valence-electron chi connectivity index (χ1n) is 5.18. The van der Waals surface area contributed by atoms with Gasteiger partial charge in [0.2, 0.25) is 0 Å². The molecule has 4 nitrogen and oxygen atoms in total. The predicted molar refractivity (Wildman–Crippen MR) is 82.2 cm³/mol. The maximum absolute atomic E-state index is 5.14. The molecule has 0 radical (unpaired) electrons. The first-order chi connectivity index (χ1) is 8.67. The van der Waals surface area contributed by atoms with Crippen LogP contribution in [0.4, 0.5) is 0 Å². The third-order valence-corrected chi connectivity index (χ3v) is 2.82. The molecule has 0 saturated heterocycles. The predicted octanol–water partition coefficient (Wildman–Crippen LogP) is 2.44. The highest BCUT2D eigenvalue weighted by Gasteiger charge is 1.99. The normalized spacial score (nSPS) is 10.1. The average molecular weight is 328 g/mol. The summed E-state index contributed by atoms with van der Waals surface area (Å²) in [6.07, 6.45) is 3.39. The number of benzene rings is 1. The Hall–Kier alpha value is -1.40. The first-order valence-corrected chi connectivity index (χ1v) is 6.39. The summed E-state index contributed by atoms with van der Waals surface area (Å²) in [6, 6.07) is 5.67. The number of methoxy groups -OCH3 is 1. The van der Waals surface area contributed by atoms with Gasteiger partial charge in [0.25, 0.3) is 0 Å². The molecular formula is C12H14BrN3OS. The van der Waals surface area contributed by atoms with Crippen molar-refractivity contribution in [1.29, 1.82) is 0 Å². The van der Waals surface area contributed by atoms with Crippen LogP contribution in [0.3, 0.4) is 0 Å². The minimum absolute atomic E-state index is 0.457. The summed E-state index contributed by atoms with van der Waals surface area (Å²) < 4.78 is 6.02. The summed E-state index contributed by atoms with van der Waals surface area (Å²) in [5.74, 6) is 0.781. The summed E-state index contributed by atoms with van der Waals surface area (Å²) in [5, 5.41) is 7.38. The van der Waals surface area contributed by atoms with Crippen LogP contribution in [0.2, 0.25) is 0 Å². The Labute approximate surface area is 120 Å². The van der Waals surface area contributed by atoms with E-state index < -0.39 is 0 Å². The second kappa shape index (κ2) is 7.84. The van der Waals surface area contributed by atoms with Gasteiger partial charge in [-0.2, -0.15) is 5.10 Å². The molecule has 0 saturated carbocycles. The second-order valence-corrected chi connectivity index (χ2v) is 4.53. The van der Waals surface area contributed by atoms with Gasteiger partial charge in [0.15, 0.2) is 5.11 Å². The van der Waals surface area contributed by atoms with Gasteiger partial charge in [-0.05, 0) is 51.9 Å². The van der Waals surface area contributed by atoms with Crippen molar-refractivity contribution in [3.8, 4) is 5.75 Å². The van der Waals surface area contributed by atoms with Crippen molar-refractivity contribution >= 4 is 39.5 Å². The molecule has 0 spiro atoms. The van der Waals surface area contributed by atoms with Gasteiger partial charge in [-0.3, -0.25) is 5.43 Å². The van der Waals surface area contributed by atoms with Crippen molar-refractivity contribution in [1.82, 2.24) is 10.7 Å². The minimum atomic E-state index is 0.457. The summed E-state index contributed by atoms with van der Waals surface area (Å²) in [4.78, 5) is 0. The van der Waals surface area contributed by atoms with Crippen molar-refractivity contribution in [3.63, 3.8) is 0 Å². The number of hydrogen-bond acceptors (Lipinski definition) is 3. The zero-order valence-corrected chi connectivity index (χ0v) is 12.3. The molecule has 0 aliphatic rings. The molecule has 0 bridgehead atoms. The number of hydrazone groups is 1. The van der Waals surface area contributed by atoms with E-state index in [9.17, 15) is 0 Å². The fraction of sp³-hybridized carbons (Fsp3) is 0.167. The van der Waals surface area contributed by atoms with Crippen LogP contribution in [0, 0.1) is 0 Å². The van der Waals surface area contributed by atoms with Crippen molar-refractivity contribution < 1.29 is 4.74 Å². The molecule has 0 fully saturated rings. The highest BCUT2D eigenvalue weighted by molar-refractivity contribution is 9.10. The van der Waals surface area contributed by atoms with Gasteiger partial charge in [-0.25, -0.2) is 0 Å². The van der Waals surface area contributed by atoms with Gasteiger partial charge in [0.1, 0.15) is 5.75 Å². The monoisotopic (exact) mass is 327 g/mol. The van der Waals surface area contributed by atoms with Crippen LogP contribution in [0.1, 0.15) is 5.56 Å². The van der Waals surface area contributed by atoms with E-state index in [1.807, 2.05) is 18.2 Å². The topological polar surface area (TPSA) is 45.7 Å². The van der Waals surface area contributed by atoms with Crippen molar-refractivity contribution in [2.45, 2.75) is 0 Å². The standard InChI is InChI=1S/C12H14BrN3OS/c1-3-6-14-12(18)16-15-8-9-4-5-11(17-2)10(13)7-9/h3-5,7-8H,1,6H2,2H3,(H2,14,16,18). The highest BCUT2D eigenvalue weighted by atomic mass is 79.9. The van der Waals surface area contributed by atoms with E-state index in [0.29, 0.717) is 11.7 Å². The molecule has 0 aliphatic carbocycles. The van der Waals surface area contributed by atoms with E-state index in [2.05, 4.69) is 38.4 Å². The Balaban J connectivity index is 2.54. The summed E-state index contributed by atoms with van der Waals surface area (Å²) in [7, 11) is 1.62. The quantitative estimate of drug-likeness (QED) is 0.377. The van der Waals surface area contributed by atoms with Crippen LogP contribution >= 0.6 is 28.1 Å². The molecule has 0 atom stereocenters. The molecule has 0 aromatic heterocycles. The fourth-order valence-corrected chi connectivity index (χ4v) is 1.83. The summed E-state index contributed by atoms with van der Waals surface area (Å²) in [5.41, 5.74) is 3.64. The zero-order chi connectivity index (χ0) is 13.4. The maximum Gasteiger partial charge on any atom is 0.187 e. The van der Waals surface area contributed by atoms with E-state index in [4.69, 9.17) is 17.0 Å². The smallest absolute Gasteiger partial charge is 0.187 e. The van der Waals surface area contributed by atoms with E-state index in [1.165, 1.54) is 0 Å². The SMILES string of the molecule is C=CCNC(=S)NN=Cc1ccc(OC)c(Br)c1. The van der Waals surface area contributed by atoms with Gasteiger partial charge in [-0.15, -0.1) is 6.58 Å². The largest absolute Gasteiger partial charge is 0.496 e. The molecule has 0 aliphatic heterocycles. The van der Waals surface area contributed by atoms with Gasteiger partial charge in [-0.1, -0.05) is 6.08 Å². The molecule has 0 unspecified atom stereocenters. The number of hydrogen-bond donors (Lipinski definition) is 2. The van der Waals surface area contributed by atoms with E-state index in [1.54, 1.807) is 19.4 Å². The van der Waals surface area contributed by atoms with Crippen LogP contribution in [0.15, 0.2) is 40.4 Å². The Morgan fingerprint density at radius 1 is 1.61 bits per heavy atom. The average Bonchev–Trinajstić information content (AvgIpc) is 2.36. The lowest BCUT2D eigenvalue weighted by Crippen LogP contribution is -2.31. The van der Waals surface area contributed by atoms with Gasteiger partial charge < -0.3 is 10.1 Å². The molecule has 18 heavy (non-hydrogen) atoms. The zero-order valence-electron chi connectivity index (χ0n) is 9.94. The van der Waals surface area contributed by atoms with Crippen molar-refractivity contribution in [2.24, 2.45) is 5.10 Å². The van der Waals surface area contributed by atoms with Crippen LogP contribution in [-0.2, 0) is 0 Å². The molecule has 1 rings (SSSR count). The van der Waals surface area contributed by atoms with E-state index in [0.717, 1.165) is 15.8 Å². The number of nitrogens with zero attached hydrogens (tertiary/aromatic N) is 1. The van der Waals surface area contributed by atoms with E-state index in [-0.39, 0.29) is 0 Å². The van der Waals surface area contributed by atoms with Crippen LogP contribution in [0.25, 0.3) is 0 Å². The second-order valence-electron chi connectivity index (χ2n) is 3.26. The molecule has 6 heteroatoms. The molecular weight excluding hydrogens is 314 g/mol. The number of halogens is 1. The molecule has 0 amide bonds. The lowest BCUT2D eigenvalue weighted by Gasteiger charge is -2.04. The van der Waals surface area contributed by atoms with Crippen molar-refractivity contribution in [2.75, 3.05) is 13.7 Å². The Morgan fingerprint density at radius 2 is 2.39 bits per heavy atom. The molecule has 1 aromatic carbocycles. The number of thiocarbonyl (C=S) groups is 1. The third-order valence-electron chi connectivity index (χ3n) is 1.96. The third kappa shape index (κ3) is 4.85. The molecule has 96 valence electrons. The van der Waals surface area contributed by atoms with Crippen molar-refractivity contribution in [3.05, 3.63) is 40.9 Å². The lowest BCUT2D eigenvalue weighted by molar-refractivity contribution is 0.412. The number of nitrogens with one attached hydrogen (secondary N) is 2. The molecule has 1 aromatic rings. The minimum Gasteiger partial charge on any atom is -0.496 e. The first kappa shape index (κ1) is 14.7. The Kier molecular flexibility index (Phi) is 6.38. The van der Waals surface area contributed by atoms with Gasteiger partial charge in [0, 0.05) is 6.54 Å². The van der Waals surface area contributed by atoms with Crippen LogP contribution < -0.4 is 15.5 Å². The highest BCUT2D eigenvalue weighted by Crippen LogP contribution is 2.24. The number of ether oxygens (including phenoxy) is 1. The summed E-state index contributed by atoms with van der Waals surface area (Å²) in [6.45, 7) is 4.19. The van der Waals surface area contributed by atoms with E-state index >= 15 is 0 Å². The Morgan fingerprint density at radius 3 is 3.00 bits per heavy atom. The van der Waals surface area contributed by atoms with Crippen LogP contribution in [-0.4, -0.2) is 25.0 Å². The Bertz CT molecular complexity index is 463. The maximum atomic E-state index is 5.14. The number of rotatable bonds is 5. The molecule has 2 N–H and O–H groups in total. The lowest BCUT2D eigenvalue weighted by atomic mass is 10.2. The van der Waals surface area contributed by atoms with Gasteiger partial charge in [0.05, 0.1) is 17.8 Å². The molecule has 0 heterocycles.